The summed E-state index contributed by atoms with van der Waals surface area (Å²) in [5, 5.41) is 0. The Labute approximate surface area is 96.7 Å². The van der Waals surface area contributed by atoms with E-state index in [1.165, 1.54) is 0 Å². The first-order chi connectivity index (χ1) is 6.70. The lowest BCUT2D eigenvalue weighted by Gasteiger charge is -2.17. The van der Waals surface area contributed by atoms with Gasteiger partial charge in [0.05, 0.1) is 15.3 Å². The summed E-state index contributed by atoms with van der Waals surface area (Å²) in [7, 11) is 1.82. The van der Waals surface area contributed by atoms with E-state index in [0.717, 1.165) is 24.2 Å². The van der Waals surface area contributed by atoms with Crippen molar-refractivity contribution in [1.29, 1.82) is 0 Å². The van der Waals surface area contributed by atoms with Gasteiger partial charge in [-0.25, -0.2) is 0 Å². The van der Waals surface area contributed by atoms with Gasteiger partial charge in [0.2, 0.25) is 5.91 Å². The molecule has 0 N–H and O–H groups in total. The maximum absolute atomic E-state index is 11.8. The molecule has 0 bridgehead atoms. The quantitative estimate of drug-likeness (QED) is 0.541. The number of halogens is 1. The molecule has 0 spiro atoms. The number of nitrogens with zero attached hydrogens (tertiary/aromatic N) is 2. The van der Waals surface area contributed by atoms with Crippen LogP contribution in [0.2, 0.25) is 0 Å². The Morgan fingerprint density at radius 1 is 1.64 bits per heavy atom. The van der Waals surface area contributed by atoms with Gasteiger partial charge >= 0.3 is 0 Å². The summed E-state index contributed by atoms with van der Waals surface area (Å²) < 4.78 is 0.0757. The molecule has 1 aliphatic heterocycles. The van der Waals surface area contributed by atoms with Crippen LogP contribution in [0.3, 0.4) is 0 Å². The minimum atomic E-state index is 0.0757. The SMILES string of the molecule is CN1C(=O)C(I)CCc2ncccc21. The monoisotopic (exact) mass is 302 g/mol. The molecule has 1 aromatic rings. The highest BCUT2D eigenvalue weighted by molar-refractivity contribution is 14.1. The van der Waals surface area contributed by atoms with Crippen LogP contribution >= 0.6 is 22.6 Å². The fourth-order valence-corrected chi connectivity index (χ4v) is 2.37. The minimum absolute atomic E-state index is 0.0757. The summed E-state index contributed by atoms with van der Waals surface area (Å²) in [6, 6.07) is 3.82. The Bertz CT molecular complexity index is 367. The summed E-state index contributed by atoms with van der Waals surface area (Å²) in [5.41, 5.74) is 1.99. The van der Waals surface area contributed by atoms with Crippen LogP contribution in [0, 0.1) is 0 Å². The first-order valence-corrected chi connectivity index (χ1v) is 5.80. The van der Waals surface area contributed by atoms with E-state index < -0.39 is 0 Å². The smallest absolute Gasteiger partial charge is 0.239 e. The topological polar surface area (TPSA) is 33.2 Å². The Balaban J connectivity index is 2.45. The predicted octanol–water partition coefficient (Wildman–Crippen LogP) is 1.79. The molecule has 1 aliphatic rings. The molecule has 0 saturated heterocycles. The number of hydrogen-bond acceptors (Lipinski definition) is 2. The Kier molecular flexibility index (Phi) is 2.71. The third kappa shape index (κ3) is 1.63. The minimum Gasteiger partial charge on any atom is -0.313 e. The van der Waals surface area contributed by atoms with E-state index in [2.05, 4.69) is 27.6 Å². The molecule has 0 aromatic carbocycles. The molecule has 0 fully saturated rings. The van der Waals surface area contributed by atoms with Crippen molar-refractivity contribution in [2.75, 3.05) is 11.9 Å². The Morgan fingerprint density at radius 2 is 2.43 bits per heavy atom. The number of carbonyl (C=O) groups is 1. The molecule has 0 saturated carbocycles. The Hall–Kier alpha value is -0.650. The summed E-state index contributed by atoms with van der Waals surface area (Å²) in [5.74, 6) is 0.178. The first-order valence-electron chi connectivity index (χ1n) is 4.55. The number of carbonyl (C=O) groups excluding carboxylic acids is 1. The van der Waals surface area contributed by atoms with Crippen molar-refractivity contribution in [3.63, 3.8) is 0 Å². The average Bonchev–Trinajstić information content (AvgIpc) is 2.32. The van der Waals surface area contributed by atoms with E-state index in [1.54, 1.807) is 11.1 Å². The first kappa shape index (κ1) is 9.89. The van der Waals surface area contributed by atoms with Crippen LogP contribution in [0.4, 0.5) is 5.69 Å². The van der Waals surface area contributed by atoms with Crippen LogP contribution in [-0.2, 0) is 11.2 Å². The van der Waals surface area contributed by atoms with Gasteiger partial charge in [0.25, 0.3) is 0 Å². The van der Waals surface area contributed by atoms with Gasteiger partial charge in [-0.3, -0.25) is 9.78 Å². The van der Waals surface area contributed by atoms with Gasteiger partial charge in [0, 0.05) is 13.2 Å². The Morgan fingerprint density at radius 3 is 3.21 bits per heavy atom. The molecule has 1 aromatic heterocycles. The number of amides is 1. The van der Waals surface area contributed by atoms with Crippen LogP contribution in [0.25, 0.3) is 0 Å². The number of pyridine rings is 1. The standard InChI is InChI=1S/C10H11IN2O/c1-13-9-3-2-6-12-8(9)5-4-7(11)10(13)14/h2-3,6-7H,4-5H2,1H3. The van der Waals surface area contributed by atoms with Gasteiger partial charge in [-0.1, -0.05) is 22.6 Å². The number of rotatable bonds is 0. The molecular formula is C10H11IN2O. The van der Waals surface area contributed by atoms with Gasteiger partial charge in [0.15, 0.2) is 0 Å². The summed E-state index contributed by atoms with van der Waals surface area (Å²) in [6.07, 6.45) is 3.55. The van der Waals surface area contributed by atoms with Crippen molar-refractivity contribution in [3.05, 3.63) is 24.0 Å². The molecule has 1 atom stereocenters. The molecule has 1 amide bonds. The summed E-state index contributed by atoms with van der Waals surface area (Å²) in [6.45, 7) is 0. The molecule has 4 heteroatoms. The maximum atomic E-state index is 11.8. The third-order valence-corrected chi connectivity index (χ3v) is 3.62. The molecule has 2 rings (SSSR count). The third-order valence-electron chi connectivity index (χ3n) is 2.46. The molecule has 0 aliphatic carbocycles. The lowest BCUT2D eigenvalue weighted by atomic mass is 10.2. The number of aromatic nitrogens is 1. The largest absolute Gasteiger partial charge is 0.313 e. The van der Waals surface area contributed by atoms with Gasteiger partial charge in [-0.05, 0) is 25.0 Å². The second kappa shape index (κ2) is 3.84. The van der Waals surface area contributed by atoms with Crippen LogP contribution < -0.4 is 4.90 Å². The van der Waals surface area contributed by atoms with E-state index in [0.29, 0.717) is 0 Å². The zero-order chi connectivity index (χ0) is 10.1. The van der Waals surface area contributed by atoms with Crippen LogP contribution in [0.15, 0.2) is 18.3 Å². The van der Waals surface area contributed by atoms with Crippen LogP contribution in [0.1, 0.15) is 12.1 Å². The molecular weight excluding hydrogens is 291 g/mol. The highest BCUT2D eigenvalue weighted by Crippen LogP contribution is 2.26. The normalized spacial score (nSPS) is 21.7. The van der Waals surface area contributed by atoms with Gasteiger partial charge in [0.1, 0.15) is 0 Å². The average molecular weight is 302 g/mol. The number of anilines is 1. The lowest BCUT2D eigenvalue weighted by molar-refractivity contribution is -0.117. The highest BCUT2D eigenvalue weighted by Gasteiger charge is 2.25. The second-order valence-corrected chi connectivity index (χ2v) is 4.88. The second-order valence-electron chi connectivity index (χ2n) is 3.37. The number of hydrogen-bond donors (Lipinski definition) is 0. The van der Waals surface area contributed by atoms with Crippen molar-refractivity contribution in [1.82, 2.24) is 4.98 Å². The van der Waals surface area contributed by atoms with Crippen molar-refractivity contribution in [2.45, 2.75) is 16.8 Å². The van der Waals surface area contributed by atoms with E-state index in [1.807, 2.05) is 19.2 Å². The van der Waals surface area contributed by atoms with Crippen molar-refractivity contribution < 1.29 is 4.79 Å². The zero-order valence-electron chi connectivity index (χ0n) is 7.90. The zero-order valence-corrected chi connectivity index (χ0v) is 10.1. The molecule has 2 heterocycles. The number of alkyl halides is 1. The highest BCUT2D eigenvalue weighted by atomic mass is 127. The molecule has 0 radical (unpaired) electrons. The fraction of sp³-hybridized carbons (Fsp3) is 0.400. The maximum Gasteiger partial charge on any atom is 0.239 e. The van der Waals surface area contributed by atoms with E-state index >= 15 is 0 Å². The number of aryl methyl sites for hydroxylation is 1. The molecule has 74 valence electrons. The van der Waals surface area contributed by atoms with Gasteiger partial charge in [-0.15, -0.1) is 0 Å². The van der Waals surface area contributed by atoms with Crippen LogP contribution in [-0.4, -0.2) is 21.9 Å². The lowest BCUT2D eigenvalue weighted by Crippen LogP contribution is -2.31. The fourth-order valence-electron chi connectivity index (χ4n) is 1.64. The van der Waals surface area contributed by atoms with Crippen molar-refractivity contribution in [3.8, 4) is 0 Å². The van der Waals surface area contributed by atoms with Crippen molar-refractivity contribution >= 4 is 34.2 Å². The van der Waals surface area contributed by atoms with E-state index in [4.69, 9.17) is 0 Å². The predicted molar refractivity (Wildman–Crippen MR) is 63.8 cm³/mol. The van der Waals surface area contributed by atoms with Crippen LogP contribution in [0.5, 0.6) is 0 Å². The van der Waals surface area contributed by atoms with E-state index in [-0.39, 0.29) is 9.83 Å². The molecule has 1 unspecified atom stereocenters. The summed E-state index contributed by atoms with van der Waals surface area (Å²) in [4.78, 5) is 17.8. The van der Waals surface area contributed by atoms with Gasteiger partial charge in [-0.2, -0.15) is 0 Å². The van der Waals surface area contributed by atoms with Crippen molar-refractivity contribution in [2.24, 2.45) is 0 Å². The number of fused-ring (bicyclic) bond motifs is 1. The molecule has 14 heavy (non-hydrogen) atoms. The van der Waals surface area contributed by atoms with E-state index in [9.17, 15) is 4.79 Å². The van der Waals surface area contributed by atoms with Gasteiger partial charge < -0.3 is 4.90 Å². The summed E-state index contributed by atoms with van der Waals surface area (Å²) >= 11 is 2.20. The molecule has 3 nitrogen and oxygen atoms in total.